The molecule has 1 heterocycles. The molecule has 4 aromatic rings. The van der Waals surface area contributed by atoms with E-state index in [0.717, 1.165) is 28.4 Å². The normalized spacial score (nSPS) is 11.9. The molecular weight excluding hydrogens is 512 g/mol. The minimum atomic E-state index is -1.05. The summed E-state index contributed by atoms with van der Waals surface area (Å²) < 4.78 is 23.3. The van der Waals surface area contributed by atoms with Crippen molar-refractivity contribution in [2.45, 2.75) is 12.5 Å². The minimum absolute atomic E-state index is 0.0547. The van der Waals surface area contributed by atoms with Crippen molar-refractivity contribution in [2.24, 2.45) is 7.05 Å². The van der Waals surface area contributed by atoms with Gasteiger partial charge in [-0.25, -0.2) is 9.18 Å². The number of nitrogens with zero attached hydrogens (tertiary/aromatic N) is 2. The third-order valence-electron chi connectivity index (χ3n) is 5.64. The van der Waals surface area contributed by atoms with Gasteiger partial charge in [0.1, 0.15) is 11.9 Å². The molecule has 0 saturated carbocycles. The van der Waals surface area contributed by atoms with Gasteiger partial charge < -0.3 is 14.6 Å². The van der Waals surface area contributed by atoms with Crippen LogP contribution in [0.3, 0.4) is 0 Å². The number of fused-ring (bicyclic) bond motifs is 1. The van der Waals surface area contributed by atoms with Crippen LogP contribution in [0.4, 0.5) is 4.39 Å². The lowest BCUT2D eigenvalue weighted by molar-refractivity contribution is -0.142. The first-order valence-corrected chi connectivity index (χ1v) is 11.7. The van der Waals surface area contributed by atoms with E-state index in [9.17, 15) is 14.0 Å². The van der Waals surface area contributed by atoms with Crippen molar-refractivity contribution in [3.63, 3.8) is 0 Å². The largest absolute Gasteiger partial charge is 0.467 e. The van der Waals surface area contributed by atoms with Gasteiger partial charge in [0.15, 0.2) is 4.77 Å². The smallest absolute Gasteiger partial charge is 0.328 e. The van der Waals surface area contributed by atoms with Crippen LogP contribution >= 0.6 is 35.4 Å². The maximum atomic E-state index is 14.2. The molecule has 0 radical (unpaired) electrons. The predicted octanol–water partition coefficient (Wildman–Crippen LogP) is 5.66. The molecule has 3 aromatic carbocycles. The number of hydrogen-bond donors (Lipinski definition) is 1. The van der Waals surface area contributed by atoms with Crippen molar-refractivity contribution < 1.29 is 18.7 Å². The molecular formula is C25H20Cl2FN3O3S. The average molecular weight is 532 g/mol. The Labute approximate surface area is 215 Å². The van der Waals surface area contributed by atoms with E-state index in [0.29, 0.717) is 9.79 Å². The highest BCUT2D eigenvalue weighted by Crippen LogP contribution is 2.28. The Kier molecular flexibility index (Phi) is 7.25. The number of benzene rings is 3. The maximum Gasteiger partial charge on any atom is 0.328 e. The lowest BCUT2D eigenvalue weighted by Crippen LogP contribution is -2.43. The van der Waals surface area contributed by atoms with E-state index >= 15 is 0 Å². The van der Waals surface area contributed by atoms with Crippen LogP contribution < -0.4 is 5.32 Å². The second-order valence-electron chi connectivity index (χ2n) is 7.80. The number of hydrogen-bond acceptors (Lipinski definition) is 4. The summed E-state index contributed by atoms with van der Waals surface area (Å²) in [6.45, 7) is 0. The van der Waals surface area contributed by atoms with Crippen molar-refractivity contribution in [2.75, 3.05) is 7.11 Å². The third kappa shape index (κ3) is 4.82. The Balaban J connectivity index is 1.62. The Morgan fingerprint density at radius 1 is 1.06 bits per heavy atom. The topological polar surface area (TPSA) is 65.3 Å². The zero-order valence-electron chi connectivity index (χ0n) is 18.7. The van der Waals surface area contributed by atoms with Crippen LogP contribution in [0.2, 0.25) is 10.0 Å². The third-order valence-corrected chi connectivity index (χ3v) is 6.72. The van der Waals surface area contributed by atoms with E-state index in [1.54, 1.807) is 6.07 Å². The van der Waals surface area contributed by atoms with E-state index < -0.39 is 23.7 Å². The molecule has 1 atom stereocenters. The summed E-state index contributed by atoms with van der Waals surface area (Å²) in [5.41, 5.74) is 2.87. The number of nitrogens with one attached hydrogen (secondary N) is 1. The Bertz CT molecular complexity index is 1480. The molecule has 1 unspecified atom stereocenters. The van der Waals surface area contributed by atoms with Crippen LogP contribution in [0.25, 0.3) is 16.7 Å². The molecule has 0 saturated heterocycles. The van der Waals surface area contributed by atoms with Crippen molar-refractivity contribution >= 4 is 58.3 Å². The summed E-state index contributed by atoms with van der Waals surface area (Å²) in [5, 5.41) is 3.04. The fraction of sp³-hybridized carbons (Fsp3) is 0.160. The monoisotopic (exact) mass is 531 g/mol. The number of imidazole rings is 1. The second-order valence-corrected chi connectivity index (χ2v) is 8.98. The van der Waals surface area contributed by atoms with E-state index in [1.165, 1.54) is 19.2 Å². The molecule has 180 valence electrons. The molecule has 0 aliphatic heterocycles. The second kappa shape index (κ2) is 10.2. The molecule has 1 aromatic heterocycles. The van der Waals surface area contributed by atoms with Gasteiger partial charge in [0.25, 0.3) is 5.91 Å². The Hall–Kier alpha value is -3.20. The maximum absolute atomic E-state index is 14.2. The van der Waals surface area contributed by atoms with Gasteiger partial charge in [-0.1, -0.05) is 47.5 Å². The SMILES string of the molecule is COC(=O)C(Cc1ccc(-n2c(=S)n(C)c3cccc(Cl)c32)cc1)NC(=O)c1c(F)cccc1Cl. The molecule has 0 fully saturated rings. The Morgan fingerprint density at radius 3 is 2.37 bits per heavy atom. The highest BCUT2D eigenvalue weighted by atomic mass is 35.5. The highest BCUT2D eigenvalue weighted by molar-refractivity contribution is 7.71. The number of methoxy groups -OCH3 is 1. The molecule has 0 bridgehead atoms. The first-order valence-electron chi connectivity index (χ1n) is 10.5. The summed E-state index contributed by atoms with van der Waals surface area (Å²) in [7, 11) is 3.09. The number of rotatable bonds is 6. The fourth-order valence-corrected chi connectivity index (χ4v) is 4.68. The van der Waals surface area contributed by atoms with E-state index in [2.05, 4.69) is 5.32 Å². The summed E-state index contributed by atoms with van der Waals surface area (Å²) in [6, 6.07) is 15.8. The molecule has 1 amide bonds. The van der Waals surface area contributed by atoms with Crippen molar-refractivity contribution in [1.82, 2.24) is 14.5 Å². The molecule has 6 nitrogen and oxygen atoms in total. The molecule has 0 aliphatic rings. The van der Waals surface area contributed by atoms with E-state index in [1.807, 2.05) is 52.6 Å². The molecule has 4 rings (SSSR count). The van der Waals surface area contributed by atoms with Crippen LogP contribution in [0.1, 0.15) is 15.9 Å². The number of carbonyl (C=O) groups is 2. The average Bonchev–Trinajstić information content (AvgIpc) is 3.10. The van der Waals surface area contributed by atoms with Gasteiger partial charge in [0.05, 0.1) is 33.8 Å². The van der Waals surface area contributed by atoms with Crippen LogP contribution in [-0.2, 0) is 23.0 Å². The quantitative estimate of drug-likeness (QED) is 0.257. The lowest BCUT2D eigenvalue weighted by atomic mass is 10.0. The van der Waals surface area contributed by atoms with Crippen molar-refractivity contribution in [3.8, 4) is 5.69 Å². The van der Waals surface area contributed by atoms with Gasteiger partial charge in [-0.15, -0.1) is 0 Å². The van der Waals surface area contributed by atoms with E-state index in [-0.39, 0.29) is 17.0 Å². The summed E-state index contributed by atoms with van der Waals surface area (Å²) >= 11 is 18.1. The van der Waals surface area contributed by atoms with Crippen LogP contribution in [0, 0.1) is 10.6 Å². The molecule has 0 spiro atoms. The summed E-state index contributed by atoms with van der Waals surface area (Å²) in [4.78, 5) is 25.0. The molecule has 0 aliphatic carbocycles. The summed E-state index contributed by atoms with van der Waals surface area (Å²) in [6.07, 6.45) is 0.118. The van der Waals surface area contributed by atoms with Gasteiger partial charge in [0.2, 0.25) is 0 Å². The van der Waals surface area contributed by atoms with Crippen molar-refractivity contribution in [3.05, 3.63) is 92.4 Å². The lowest BCUT2D eigenvalue weighted by Gasteiger charge is -2.17. The first kappa shape index (κ1) is 24.9. The minimum Gasteiger partial charge on any atom is -0.467 e. The standard InChI is InChI=1S/C25H20Cl2FN3O3S/c1-30-20-8-4-6-17(27)22(20)31(25(30)35)15-11-9-14(10-12-15)13-19(24(33)34-2)29-23(32)21-16(26)5-3-7-18(21)28/h3-12,19H,13H2,1-2H3,(H,29,32). The fourth-order valence-electron chi connectivity index (χ4n) is 3.88. The van der Waals surface area contributed by atoms with Gasteiger partial charge in [-0.3, -0.25) is 9.36 Å². The van der Waals surface area contributed by atoms with Gasteiger partial charge >= 0.3 is 5.97 Å². The van der Waals surface area contributed by atoms with Gasteiger partial charge in [-0.05, 0) is 54.2 Å². The number of amides is 1. The molecule has 10 heteroatoms. The molecule has 35 heavy (non-hydrogen) atoms. The number of halogens is 3. The number of ether oxygens (including phenoxy) is 1. The predicted molar refractivity (Wildman–Crippen MR) is 136 cm³/mol. The van der Waals surface area contributed by atoms with Crippen LogP contribution in [0.5, 0.6) is 0 Å². The summed E-state index contributed by atoms with van der Waals surface area (Å²) in [5.74, 6) is -2.26. The number of aromatic nitrogens is 2. The number of carbonyl (C=O) groups excluding carboxylic acids is 2. The van der Waals surface area contributed by atoms with Crippen molar-refractivity contribution in [1.29, 1.82) is 0 Å². The zero-order valence-corrected chi connectivity index (χ0v) is 21.0. The number of esters is 1. The zero-order chi connectivity index (χ0) is 25.3. The number of aryl methyl sites for hydroxylation is 1. The van der Waals surface area contributed by atoms with Crippen LogP contribution in [0.15, 0.2) is 60.7 Å². The van der Waals surface area contributed by atoms with Crippen LogP contribution in [-0.4, -0.2) is 34.2 Å². The van der Waals surface area contributed by atoms with Gasteiger partial charge in [0, 0.05) is 19.2 Å². The Morgan fingerprint density at radius 2 is 1.71 bits per heavy atom. The van der Waals surface area contributed by atoms with Gasteiger partial charge in [-0.2, -0.15) is 0 Å². The highest BCUT2D eigenvalue weighted by Gasteiger charge is 2.25. The first-order chi connectivity index (χ1) is 16.7. The number of para-hydroxylation sites is 1. The van der Waals surface area contributed by atoms with E-state index in [4.69, 9.17) is 40.2 Å². The molecule has 1 N–H and O–H groups in total.